The molecule has 104 valence electrons. The van der Waals surface area contributed by atoms with Gasteiger partial charge in [0.1, 0.15) is 0 Å². The maximum absolute atomic E-state index is 11.8. The number of carbonyl (C=O) groups is 2. The van der Waals surface area contributed by atoms with E-state index in [-0.39, 0.29) is 23.4 Å². The number of nitrogens with one attached hydrogen (secondary N) is 2. The molecule has 0 aliphatic heterocycles. The van der Waals surface area contributed by atoms with Crippen LogP contribution in [0.15, 0.2) is 24.3 Å². The number of carboxylic acids is 1. The Bertz CT molecular complexity index is 583. The van der Waals surface area contributed by atoms with E-state index in [9.17, 15) is 18.0 Å². The molecule has 19 heavy (non-hydrogen) atoms. The van der Waals surface area contributed by atoms with Gasteiger partial charge in [-0.3, -0.25) is 4.79 Å². The number of hydrogen-bond donors (Lipinski definition) is 3. The zero-order chi connectivity index (χ0) is 14.5. The molecule has 3 N–H and O–H groups in total. The molecule has 0 saturated heterocycles. The molecule has 0 bridgehead atoms. The van der Waals surface area contributed by atoms with Gasteiger partial charge in [-0.15, -0.1) is 0 Å². The Hall–Kier alpha value is -1.93. The summed E-state index contributed by atoms with van der Waals surface area (Å²) in [6, 6.07) is 5.71. The summed E-state index contributed by atoms with van der Waals surface area (Å²) >= 11 is 0. The topological polar surface area (TPSA) is 113 Å². The predicted octanol–water partition coefficient (Wildman–Crippen LogP) is -0.336. The second-order valence-corrected chi connectivity index (χ2v) is 5.68. The van der Waals surface area contributed by atoms with E-state index in [2.05, 4.69) is 10.0 Å². The first-order valence-electron chi connectivity index (χ1n) is 5.39. The van der Waals surface area contributed by atoms with E-state index in [0.29, 0.717) is 0 Å². The van der Waals surface area contributed by atoms with Crippen LogP contribution in [-0.2, 0) is 10.0 Å². The summed E-state index contributed by atoms with van der Waals surface area (Å²) in [6.07, 6.45) is 0. The van der Waals surface area contributed by atoms with Crippen LogP contribution in [-0.4, -0.2) is 44.7 Å². The molecule has 0 heterocycles. The molecule has 0 aliphatic rings. The van der Waals surface area contributed by atoms with Gasteiger partial charge in [0.2, 0.25) is 10.0 Å². The van der Waals surface area contributed by atoms with Crippen molar-refractivity contribution in [3.05, 3.63) is 35.4 Å². The van der Waals surface area contributed by atoms with Gasteiger partial charge >= 0.3 is 5.97 Å². The minimum Gasteiger partial charge on any atom is -0.478 e. The molecule has 1 rings (SSSR count). The van der Waals surface area contributed by atoms with Gasteiger partial charge in [-0.05, 0) is 19.2 Å². The second kappa shape index (κ2) is 6.30. The number of amides is 1. The average Bonchev–Trinajstić information content (AvgIpc) is 2.38. The van der Waals surface area contributed by atoms with Crippen molar-refractivity contribution in [1.29, 1.82) is 0 Å². The normalized spacial score (nSPS) is 11.0. The summed E-state index contributed by atoms with van der Waals surface area (Å²) in [4.78, 5) is 22.7. The number of hydrogen-bond acceptors (Lipinski definition) is 4. The van der Waals surface area contributed by atoms with Crippen LogP contribution in [0.3, 0.4) is 0 Å². The van der Waals surface area contributed by atoms with Gasteiger partial charge in [0.05, 0.1) is 16.9 Å². The predicted molar refractivity (Wildman–Crippen MR) is 68.6 cm³/mol. The lowest BCUT2D eigenvalue weighted by Gasteiger charge is -2.07. The highest BCUT2D eigenvalue weighted by Gasteiger charge is 2.16. The number of aromatic carboxylic acids is 1. The zero-order valence-corrected chi connectivity index (χ0v) is 11.0. The van der Waals surface area contributed by atoms with Gasteiger partial charge in [-0.1, -0.05) is 12.1 Å². The Labute approximate surface area is 110 Å². The summed E-state index contributed by atoms with van der Waals surface area (Å²) in [5.41, 5.74) is -0.131. The van der Waals surface area contributed by atoms with Crippen molar-refractivity contribution >= 4 is 21.9 Å². The number of carbonyl (C=O) groups excluding carboxylic acids is 1. The fourth-order valence-corrected chi connectivity index (χ4v) is 1.94. The molecule has 7 nitrogen and oxygen atoms in total. The summed E-state index contributed by atoms with van der Waals surface area (Å²) < 4.78 is 24.4. The number of sulfonamides is 1. The molecule has 0 fully saturated rings. The van der Waals surface area contributed by atoms with Gasteiger partial charge in [-0.2, -0.15) is 0 Å². The molecule has 0 spiro atoms. The molecule has 0 aromatic heterocycles. The standard InChI is InChI=1S/C11H14N2O5S/c1-12-19(17,18)7-6-13-10(14)8-4-2-3-5-9(8)11(15)16/h2-5,12H,6-7H2,1H3,(H,13,14)(H,15,16). The van der Waals surface area contributed by atoms with E-state index in [0.717, 1.165) is 0 Å². The summed E-state index contributed by atoms with van der Waals surface area (Å²) in [5.74, 6) is -2.11. The van der Waals surface area contributed by atoms with E-state index < -0.39 is 21.9 Å². The van der Waals surface area contributed by atoms with Crippen LogP contribution in [0.2, 0.25) is 0 Å². The van der Waals surface area contributed by atoms with E-state index in [1.165, 1.54) is 31.3 Å². The van der Waals surface area contributed by atoms with E-state index in [1.54, 1.807) is 0 Å². The monoisotopic (exact) mass is 286 g/mol. The van der Waals surface area contributed by atoms with Gasteiger partial charge in [0.25, 0.3) is 5.91 Å². The van der Waals surface area contributed by atoms with Crippen LogP contribution in [0.1, 0.15) is 20.7 Å². The number of carboxylic acid groups (broad SMARTS) is 1. The van der Waals surface area contributed by atoms with E-state index >= 15 is 0 Å². The van der Waals surface area contributed by atoms with Gasteiger partial charge in [0, 0.05) is 6.54 Å². The minimum absolute atomic E-state index is 0.00291. The van der Waals surface area contributed by atoms with Crippen LogP contribution in [0, 0.1) is 0 Å². The third kappa shape index (κ3) is 4.34. The Morgan fingerprint density at radius 3 is 2.32 bits per heavy atom. The van der Waals surface area contributed by atoms with E-state index in [4.69, 9.17) is 5.11 Å². The summed E-state index contributed by atoms with van der Waals surface area (Å²) in [7, 11) is -2.13. The third-order valence-corrected chi connectivity index (χ3v) is 3.73. The van der Waals surface area contributed by atoms with Crippen molar-refractivity contribution in [2.24, 2.45) is 0 Å². The van der Waals surface area contributed by atoms with Crippen molar-refractivity contribution in [3.63, 3.8) is 0 Å². The van der Waals surface area contributed by atoms with Gasteiger partial charge in [0.15, 0.2) is 0 Å². The second-order valence-electron chi connectivity index (χ2n) is 3.63. The molecule has 0 unspecified atom stereocenters. The van der Waals surface area contributed by atoms with Gasteiger partial charge < -0.3 is 10.4 Å². The lowest BCUT2D eigenvalue weighted by molar-refractivity contribution is 0.0691. The molecule has 0 radical (unpaired) electrons. The molecular formula is C11H14N2O5S. The van der Waals surface area contributed by atoms with Crippen LogP contribution in [0.5, 0.6) is 0 Å². The maximum Gasteiger partial charge on any atom is 0.336 e. The van der Waals surface area contributed by atoms with Crippen LogP contribution < -0.4 is 10.0 Å². The van der Waals surface area contributed by atoms with Crippen molar-refractivity contribution < 1.29 is 23.1 Å². The lowest BCUT2D eigenvalue weighted by atomic mass is 10.1. The van der Waals surface area contributed by atoms with Crippen molar-refractivity contribution in [3.8, 4) is 0 Å². The van der Waals surface area contributed by atoms with E-state index in [1.807, 2.05) is 0 Å². The molecule has 1 aromatic rings. The van der Waals surface area contributed by atoms with Crippen molar-refractivity contribution in [2.45, 2.75) is 0 Å². The van der Waals surface area contributed by atoms with Crippen LogP contribution >= 0.6 is 0 Å². The Morgan fingerprint density at radius 1 is 1.21 bits per heavy atom. The van der Waals surface area contributed by atoms with Crippen molar-refractivity contribution in [1.82, 2.24) is 10.0 Å². The molecule has 8 heteroatoms. The molecule has 1 amide bonds. The lowest BCUT2D eigenvalue weighted by Crippen LogP contribution is -2.33. The molecule has 0 saturated carbocycles. The smallest absolute Gasteiger partial charge is 0.336 e. The highest BCUT2D eigenvalue weighted by atomic mass is 32.2. The first-order chi connectivity index (χ1) is 8.87. The first kappa shape index (κ1) is 15.1. The maximum atomic E-state index is 11.8. The Morgan fingerprint density at radius 2 is 1.79 bits per heavy atom. The SMILES string of the molecule is CNS(=O)(=O)CCNC(=O)c1ccccc1C(=O)O. The average molecular weight is 286 g/mol. The minimum atomic E-state index is -3.40. The third-order valence-electron chi connectivity index (χ3n) is 2.37. The van der Waals surface area contributed by atoms with Crippen LogP contribution in [0.4, 0.5) is 0 Å². The molecular weight excluding hydrogens is 272 g/mol. The molecule has 1 aromatic carbocycles. The number of benzene rings is 1. The Balaban J connectivity index is 2.72. The highest BCUT2D eigenvalue weighted by molar-refractivity contribution is 7.89. The summed E-state index contributed by atoms with van der Waals surface area (Å²) in [5, 5.41) is 11.3. The molecule has 0 aliphatic carbocycles. The molecule has 0 atom stereocenters. The van der Waals surface area contributed by atoms with Crippen LogP contribution in [0.25, 0.3) is 0 Å². The highest BCUT2D eigenvalue weighted by Crippen LogP contribution is 2.08. The fourth-order valence-electron chi connectivity index (χ4n) is 1.36. The van der Waals surface area contributed by atoms with Gasteiger partial charge in [-0.25, -0.2) is 17.9 Å². The number of rotatable bonds is 6. The zero-order valence-electron chi connectivity index (χ0n) is 10.2. The summed E-state index contributed by atoms with van der Waals surface area (Å²) in [6.45, 7) is -0.101. The fraction of sp³-hybridized carbons (Fsp3) is 0.273. The largest absolute Gasteiger partial charge is 0.478 e. The Kier molecular flexibility index (Phi) is 5.02. The van der Waals surface area contributed by atoms with Crippen molar-refractivity contribution in [2.75, 3.05) is 19.3 Å². The first-order valence-corrected chi connectivity index (χ1v) is 7.04. The quantitative estimate of drug-likeness (QED) is 0.662.